The molecule has 0 aliphatic carbocycles. The molecule has 0 saturated heterocycles. The number of rotatable bonds is 8. The summed E-state index contributed by atoms with van der Waals surface area (Å²) >= 11 is 4.23. The molecule has 0 aromatic carbocycles. The molecule has 96 valence electrons. The Morgan fingerprint density at radius 1 is 1.38 bits per heavy atom. The lowest BCUT2D eigenvalue weighted by Gasteiger charge is -2.15. The van der Waals surface area contributed by atoms with Crippen molar-refractivity contribution in [2.75, 3.05) is 40.4 Å². The molecular formula is C11H24N2O2S. The summed E-state index contributed by atoms with van der Waals surface area (Å²) in [5.41, 5.74) is 0. The van der Waals surface area contributed by atoms with E-state index < -0.39 is 0 Å². The molecule has 0 aromatic heterocycles. The molecule has 5 heteroatoms. The first kappa shape index (κ1) is 15.7. The molecule has 4 nitrogen and oxygen atoms in total. The van der Waals surface area contributed by atoms with E-state index in [2.05, 4.69) is 22.8 Å². The minimum absolute atomic E-state index is 0.0189. The van der Waals surface area contributed by atoms with Gasteiger partial charge in [0.1, 0.15) is 0 Å². The highest BCUT2D eigenvalue weighted by molar-refractivity contribution is 7.81. The minimum Gasteiger partial charge on any atom is -0.378 e. The molecule has 0 aliphatic rings. The third-order valence-electron chi connectivity index (χ3n) is 2.13. The zero-order valence-electron chi connectivity index (χ0n) is 10.7. The Morgan fingerprint density at radius 3 is 2.50 bits per heavy atom. The van der Waals surface area contributed by atoms with Gasteiger partial charge in [-0.15, -0.1) is 0 Å². The molecule has 0 radical (unpaired) electrons. The Bertz CT molecular complexity index is 198. The van der Waals surface area contributed by atoms with Crippen LogP contribution in [0.15, 0.2) is 0 Å². The summed E-state index contributed by atoms with van der Waals surface area (Å²) in [6.45, 7) is 6.65. The van der Waals surface area contributed by atoms with E-state index in [4.69, 9.17) is 4.74 Å². The molecule has 0 saturated carbocycles. The SMILES string of the molecule is CC(C)C(S)C(=O)NCCOCCN(C)C. The van der Waals surface area contributed by atoms with Crippen molar-refractivity contribution in [2.24, 2.45) is 5.92 Å². The average molecular weight is 248 g/mol. The van der Waals surface area contributed by atoms with Gasteiger partial charge >= 0.3 is 0 Å². The molecule has 1 amide bonds. The van der Waals surface area contributed by atoms with E-state index in [-0.39, 0.29) is 17.1 Å². The van der Waals surface area contributed by atoms with Crippen molar-refractivity contribution in [1.29, 1.82) is 0 Å². The van der Waals surface area contributed by atoms with E-state index in [1.807, 2.05) is 27.9 Å². The van der Waals surface area contributed by atoms with Crippen LogP contribution in [0.4, 0.5) is 0 Å². The molecule has 0 rings (SSSR count). The zero-order valence-corrected chi connectivity index (χ0v) is 11.6. The fraction of sp³-hybridized carbons (Fsp3) is 0.909. The Morgan fingerprint density at radius 2 is 2.00 bits per heavy atom. The van der Waals surface area contributed by atoms with E-state index in [1.54, 1.807) is 0 Å². The van der Waals surface area contributed by atoms with Gasteiger partial charge in [-0.3, -0.25) is 4.79 Å². The third kappa shape index (κ3) is 7.96. The van der Waals surface area contributed by atoms with Crippen LogP contribution in [0.5, 0.6) is 0 Å². The first-order valence-electron chi connectivity index (χ1n) is 5.63. The maximum atomic E-state index is 11.5. The van der Waals surface area contributed by atoms with Crippen LogP contribution in [0.1, 0.15) is 13.8 Å². The lowest BCUT2D eigenvalue weighted by atomic mass is 10.1. The molecule has 0 bridgehead atoms. The lowest BCUT2D eigenvalue weighted by Crippen LogP contribution is -2.36. The maximum absolute atomic E-state index is 11.5. The highest BCUT2D eigenvalue weighted by Gasteiger charge is 2.16. The molecule has 0 fully saturated rings. The molecule has 1 atom stereocenters. The van der Waals surface area contributed by atoms with Crippen LogP contribution >= 0.6 is 12.6 Å². The van der Waals surface area contributed by atoms with Crippen molar-refractivity contribution in [1.82, 2.24) is 10.2 Å². The standard InChI is InChI=1S/C11H24N2O2S/c1-9(2)10(16)11(14)12-5-7-15-8-6-13(3)4/h9-10,16H,5-8H2,1-4H3,(H,12,14). The van der Waals surface area contributed by atoms with Gasteiger partial charge in [0.25, 0.3) is 0 Å². The summed E-state index contributed by atoms with van der Waals surface area (Å²) in [6.07, 6.45) is 0. The number of hydrogen-bond acceptors (Lipinski definition) is 4. The molecule has 0 aromatic rings. The van der Waals surface area contributed by atoms with Gasteiger partial charge in [0, 0.05) is 13.1 Å². The number of hydrogen-bond donors (Lipinski definition) is 2. The fourth-order valence-corrected chi connectivity index (χ4v) is 1.09. The van der Waals surface area contributed by atoms with Crippen molar-refractivity contribution in [3.05, 3.63) is 0 Å². The highest BCUT2D eigenvalue weighted by Crippen LogP contribution is 2.07. The van der Waals surface area contributed by atoms with Gasteiger partial charge in [0.05, 0.1) is 18.5 Å². The maximum Gasteiger partial charge on any atom is 0.233 e. The van der Waals surface area contributed by atoms with Crippen LogP contribution in [0.3, 0.4) is 0 Å². The number of ether oxygens (including phenoxy) is 1. The molecular weight excluding hydrogens is 224 g/mol. The van der Waals surface area contributed by atoms with Crippen molar-refractivity contribution < 1.29 is 9.53 Å². The second-order valence-corrected chi connectivity index (χ2v) is 4.95. The number of likely N-dealkylation sites (N-methyl/N-ethyl adjacent to an activating group) is 1. The van der Waals surface area contributed by atoms with E-state index >= 15 is 0 Å². The molecule has 0 heterocycles. The Balaban J connectivity index is 3.41. The van der Waals surface area contributed by atoms with Crippen LogP contribution < -0.4 is 5.32 Å². The van der Waals surface area contributed by atoms with Crippen LogP contribution in [-0.4, -0.2) is 56.5 Å². The first-order valence-corrected chi connectivity index (χ1v) is 6.15. The number of carbonyl (C=O) groups excluding carboxylic acids is 1. The Labute approximate surface area is 104 Å². The Kier molecular flexibility index (Phi) is 8.70. The minimum atomic E-state index is -0.234. The first-order chi connectivity index (χ1) is 7.45. The number of nitrogens with zero attached hydrogens (tertiary/aromatic N) is 1. The smallest absolute Gasteiger partial charge is 0.233 e. The highest BCUT2D eigenvalue weighted by atomic mass is 32.1. The number of amides is 1. The van der Waals surface area contributed by atoms with E-state index in [9.17, 15) is 4.79 Å². The lowest BCUT2D eigenvalue weighted by molar-refractivity contribution is -0.121. The average Bonchev–Trinajstić information content (AvgIpc) is 2.21. The van der Waals surface area contributed by atoms with Gasteiger partial charge in [0.2, 0.25) is 5.91 Å². The molecule has 0 spiro atoms. The van der Waals surface area contributed by atoms with Crippen molar-refractivity contribution in [3.8, 4) is 0 Å². The summed E-state index contributed by atoms with van der Waals surface area (Å²) in [4.78, 5) is 13.5. The molecule has 16 heavy (non-hydrogen) atoms. The summed E-state index contributed by atoms with van der Waals surface area (Å²) in [7, 11) is 4.00. The van der Waals surface area contributed by atoms with Crippen LogP contribution in [-0.2, 0) is 9.53 Å². The fourth-order valence-electron chi connectivity index (χ4n) is 1.00. The summed E-state index contributed by atoms with van der Waals surface area (Å²) in [6, 6.07) is 0. The monoisotopic (exact) mass is 248 g/mol. The predicted octanol–water partition coefficient (Wildman–Crippen LogP) is 0.635. The molecule has 1 unspecified atom stereocenters. The van der Waals surface area contributed by atoms with Crippen LogP contribution in [0, 0.1) is 5.92 Å². The van der Waals surface area contributed by atoms with E-state index in [1.165, 1.54) is 0 Å². The van der Waals surface area contributed by atoms with Gasteiger partial charge in [-0.2, -0.15) is 12.6 Å². The topological polar surface area (TPSA) is 41.6 Å². The van der Waals surface area contributed by atoms with Gasteiger partial charge < -0.3 is 15.0 Å². The zero-order chi connectivity index (χ0) is 12.6. The second kappa shape index (κ2) is 8.84. The van der Waals surface area contributed by atoms with Crippen molar-refractivity contribution in [2.45, 2.75) is 19.1 Å². The number of nitrogens with one attached hydrogen (secondary N) is 1. The largest absolute Gasteiger partial charge is 0.378 e. The quantitative estimate of drug-likeness (QED) is 0.489. The van der Waals surface area contributed by atoms with Crippen molar-refractivity contribution >= 4 is 18.5 Å². The molecule has 0 aliphatic heterocycles. The van der Waals surface area contributed by atoms with Crippen LogP contribution in [0.25, 0.3) is 0 Å². The second-order valence-electron chi connectivity index (χ2n) is 4.40. The van der Waals surface area contributed by atoms with Gasteiger partial charge in [-0.05, 0) is 20.0 Å². The predicted molar refractivity (Wildman–Crippen MR) is 70.0 cm³/mol. The van der Waals surface area contributed by atoms with Gasteiger partial charge in [-0.25, -0.2) is 0 Å². The van der Waals surface area contributed by atoms with Crippen LogP contribution in [0.2, 0.25) is 0 Å². The Hall–Kier alpha value is -0.260. The third-order valence-corrected chi connectivity index (χ3v) is 2.96. The molecule has 1 N–H and O–H groups in total. The van der Waals surface area contributed by atoms with E-state index in [0.717, 1.165) is 6.54 Å². The summed E-state index contributed by atoms with van der Waals surface area (Å²) < 4.78 is 5.35. The van der Waals surface area contributed by atoms with Gasteiger partial charge in [-0.1, -0.05) is 13.8 Å². The number of thiol groups is 1. The van der Waals surface area contributed by atoms with Crippen molar-refractivity contribution in [3.63, 3.8) is 0 Å². The summed E-state index contributed by atoms with van der Waals surface area (Å²) in [5.74, 6) is 0.229. The van der Waals surface area contributed by atoms with E-state index in [0.29, 0.717) is 19.8 Å². The summed E-state index contributed by atoms with van der Waals surface area (Å²) in [5, 5.41) is 2.56. The normalized spacial score (nSPS) is 13.2. The van der Waals surface area contributed by atoms with Gasteiger partial charge in [0.15, 0.2) is 0 Å². The number of carbonyl (C=O) groups is 1.